The minimum Gasteiger partial charge on any atom is -0.508 e. The number of halogens is 1. The largest absolute Gasteiger partial charge is 0.508 e. The van der Waals surface area contributed by atoms with Crippen LogP contribution in [0.3, 0.4) is 0 Å². The lowest BCUT2D eigenvalue weighted by Gasteiger charge is -2.08. The molecule has 0 aliphatic heterocycles. The first-order chi connectivity index (χ1) is 8.60. The molecule has 0 aliphatic rings. The average molecular weight is 261 g/mol. The van der Waals surface area contributed by atoms with Gasteiger partial charge in [0.15, 0.2) is 0 Å². The summed E-state index contributed by atoms with van der Waals surface area (Å²) >= 11 is 5.97. The van der Waals surface area contributed by atoms with E-state index in [1.807, 2.05) is 13.0 Å². The molecule has 0 spiro atoms. The van der Waals surface area contributed by atoms with Crippen LogP contribution in [0.2, 0.25) is 5.02 Å². The molecular weight excluding hydrogens is 252 g/mol. The van der Waals surface area contributed by atoms with E-state index in [0.29, 0.717) is 11.3 Å². The lowest BCUT2D eigenvalue weighted by atomic mass is 10.2. The van der Waals surface area contributed by atoms with E-state index in [-0.39, 0.29) is 16.7 Å². The van der Waals surface area contributed by atoms with Crippen LogP contribution in [-0.4, -0.2) is 10.1 Å². The maximum Gasteiger partial charge on any atom is 0.239 e. The van der Waals surface area contributed by atoms with Crippen LogP contribution in [-0.2, 0) is 0 Å². The second-order valence-corrected chi connectivity index (χ2v) is 4.07. The van der Waals surface area contributed by atoms with Gasteiger partial charge in [-0.25, -0.2) is 4.98 Å². The number of nitrogens with zero attached hydrogens (tertiary/aromatic N) is 2. The Hall–Kier alpha value is -2.25. The fourth-order valence-corrected chi connectivity index (χ4v) is 1.67. The highest BCUT2D eigenvalue weighted by Crippen LogP contribution is 2.31. The Morgan fingerprint density at radius 2 is 2.17 bits per heavy atom. The number of nitriles is 1. The molecule has 0 saturated heterocycles. The molecule has 0 radical (unpaired) electrons. The van der Waals surface area contributed by atoms with Crippen molar-refractivity contribution in [3.63, 3.8) is 0 Å². The van der Waals surface area contributed by atoms with Crippen molar-refractivity contribution >= 4 is 11.6 Å². The van der Waals surface area contributed by atoms with Crippen molar-refractivity contribution < 1.29 is 9.84 Å². The zero-order valence-electron chi connectivity index (χ0n) is 9.51. The van der Waals surface area contributed by atoms with Gasteiger partial charge < -0.3 is 9.84 Å². The minimum absolute atomic E-state index is 0.0950. The van der Waals surface area contributed by atoms with Gasteiger partial charge in [-0.2, -0.15) is 5.26 Å². The van der Waals surface area contributed by atoms with Crippen LogP contribution in [0.5, 0.6) is 17.4 Å². The maximum absolute atomic E-state index is 9.46. The predicted molar refractivity (Wildman–Crippen MR) is 66.9 cm³/mol. The van der Waals surface area contributed by atoms with Crippen LogP contribution in [0.25, 0.3) is 0 Å². The monoisotopic (exact) mass is 260 g/mol. The summed E-state index contributed by atoms with van der Waals surface area (Å²) in [6, 6.07) is 8.23. The summed E-state index contributed by atoms with van der Waals surface area (Å²) in [6.45, 7) is 1.83. The summed E-state index contributed by atoms with van der Waals surface area (Å²) in [6.07, 6.45) is 1.44. The molecule has 5 heteroatoms. The van der Waals surface area contributed by atoms with Gasteiger partial charge in [-0.05, 0) is 30.7 Å². The van der Waals surface area contributed by atoms with Crippen molar-refractivity contribution in [3.8, 4) is 23.4 Å². The van der Waals surface area contributed by atoms with Gasteiger partial charge in [-0.1, -0.05) is 11.6 Å². The van der Waals surface area contributed by atoms with Gasteiger partial charge in [0, 0.05) is 12.3 Å². The first kappa shape index (κ1) is 12.2. The molecular formula is C13H9ClN2O2. The van der Waals surface area contributed by atoms with Crippen LogP contribution in [0.1, 0.15) is 11.1 Å². The lowest BCUT2D eigenvalue weighted by Crippen LogP contribution is -1.91. The van der Waals surface area contributed by atoms with E-state index >= 15 is 0 Å². The molecule has 1 heterocycles. The van der Waals surface area contributed by atoms with Crippen LogP contribution >= 0.6 is 11.6 Å². The molecule has 4 nitrogen and oxygen atoms in total. The zero-order valence-corrected chi connectivity index (χ0v) is 10.3. The number of phenolic OH excluding ortho intramolecular Hbond substituents is 1. The van der Waals surface area contributed by atoms with Gasteiger partial charge >= 0.3 is 0 Å². The second kappa shape index (κ2) is 4.94. The Kier molecular flexibility index (Phi) is 3.35. The number of phenols is 1. The van der Waals surface area contributed by atoms with E-state index in [4.69, 9.17) is 21.6 Å². The van der Waals surface area contributed by atoms with E-state index in [0.717, 1.165) is 5.56 Å². The topological polar surface area (TPSA) is 66.1 Å². The van der Waals surface area contributed by atoms with Crippen molar-refractivity contribution in [2.45, 2.75) is 6.92 Å². The highest BCUT2D eigenvalue weighted by atomic mass is 35.5. The van der Waals surface area contributed by atoms with Crippen molar-refractivity contribution in [2.75, 3.05) is 0 Å². The normalized spacial score (nSPS) is 9.83. The number of aromatic nitrogens is 1. The molecule has 2 rings (SSSR count). The average Bonchev–Trinajstić information content (AvgIpc) is 2.30. The summed E-state index contributed by atoms with van der Waals surface area (Å²) in [7, 11) is 0. The Balaban J connectivity index is 2.37. The quantitative estimate of drug-likeness (QED) is 0.898. The highest BCUT2D eigenvalue weighted by Gasteiger charge is 2.10. The molecule has 90 valence electrons. The molecule has 1 N–H and O–H groups in total. The molecule has 0 unspecified atom stereocenters. The van der Waals surface area contributed by atoms with Gasteiger partial charge in [-0.15, -0.1) is 0 Å². The van der Waals surface area contributed by atoms with Gasteiger partial charge in [0.1, 0.15) is 22.6 Å². The van der Waals surface area contributed by atoms with Crippen molar-refractivity contribution in [2.24, 2.45) is 0 Å². The summed E-state index contributed by atoms with van der Waals surface area (Å²) in [4.78, 5) is 3.95. The van der Waals surface area contributed by atoms with Crippen LogP contribution in [0.4, 0.5) is 0 Å². The Morgan fingerprint density at radius 1 is 1.39 bits per heavy atom. The van der Waals surface area contributed by atoms with Crippen molar-refractivity contribution in [1.29, 1.82) is 5.26 Å². The molecule has 2 aromatic rings. The molecule has 18 heavy (non-hydrogen) atoms. The van der Waals surface area contributed by atoms with E-state index in [1.165, 1.54) is 18.3 Å². The van der Waals surface area contributed by atoms with Crippen molar-refractivity contribution in [3.05, 3.63) is 46.6 Å². The summed E-state index contributed by atoms with van der Waals surface area (Å²) in [5.41, 5.74) is 1.14. The molecule has 0 fully saturated rings. The Bertz CT molecular complexity index is 615. The Labute approximate surface area is 109 Å². The predicted octanol–water partition coefficient (Wildman–Crippen LogP) is 3.41. The fraction of sp³-hybridized carbons (Fsp3) is 0.0769. The van der Waals surface area contributed by atoms with E-state index < -0.39 is 0 Å². The number of hydrogen-bond donors (Lipinski definition) is 1. The number of benzene rings is 1. The van der Waals surface area contributed by atoms with Crippen molar-refractivity contribution in [1.82, 2.24) is 4.98 Å². The first-order valence-corrected chi connectivity index (χ1v) is 5.51. The molecule has 0 saturated carbocycles. The maximum atomic E-state index is 9.46. The van der Waals surface area contributed by atoms with Gasteiger partial charge in [0.05, 0.1) is 5.56 Å². The van der Waals surface area contributed by atoms with E-state index in [2.05, 4.69) is 4.98 Å². The third-order valence-electron chi connectivity index (χ3n) is 2.23. The molecule has 1 aromatic carbocycles. The fourth-order valence-electron chi connectivity index (χ4n) is 1.48. The van der Waals surface area contributed by atoms with Gasteiger partial charge in [-0.3, -0.25) is 0 Å². The lowest BCUT2D eigenvalue weighted by molar-refractivity contribution is 0.445. The first-order valence-electron chi connectivity index (χ1n) is 5.13. The highest BCUT2D eigenvalue weighted by molar-refractivity contribution is 6.33. The van der Waals surface area contributed by atoms with E-state index in [1.54, 1.807) is 12.1 Å². The molecule has 1 aromatic heterocycles. The number of aromatic hydroxyl groups is 1. The van der Waals surface area contributed by atoms with Gasteiger partial charge in [0.2, 0.25) is 5.88 Å². The standard InChI is InChI=1S/C13H9ClN2O2/c1-8-4-10(17)6-11(5-8)18-13-12(14)9(7-15)2-3-16-13/h2-6,17H,1H3. The third kappa shape index (κ3) is 2.53. The molecule has 0 atom stereocenters. The second-order valence-electron chi connectivity index (χ2n) is 3.70. The summed E-state index contributed by atoms with van der Waals surface area (Å²) in [5, 5.41) is 18.4. The zero-order chi connectivity index (χ0) is 13.1. The molecule has 0 amide bonds. The van der Waals surface area contributed by atoms with Crippen LogP contribution in [0.15, 0.2) is 30.5 Å². The van der Waals surface area contributed by atoms with Crippen LogP contribution in [0, 0.1) is 18.3 Å². The minimum atomic E-state index is 0.0950. The number of rotatable bonds is 2. The number of ether oxygens (including phenoxy) is 1. The number of aryl methyl sites for hydroxylation is 1. The number of pyridine rings is 1. The SMILES string of the molecule is Cc1cc(O)cc(Oc2nccc(C#N)c2Cl)c1. The smallest absolute Gasteiger partial charge is 0.239 e. The Morgan fingerprint density at radius 3 is 2.83 bits per heavy atom. The van der Waals surface area contributed by atoms with Gasteiger partial charge in [0.25, 0.3) is 0 Å². The van der Waals surface area contributed by atoms with Crippen LogP contribution < -0.4 is 4.74 Å². The summed E-state index contributed by atoms with van der Waals surface area (Å²) < 4.78 is 5.46. The van der Waals surface area contributed by atoms with E-state index in [9.17, 15) is 5.11 Å². The summed E-state index contributed by atoms with van der Waals surface area (Å²) in [5.74, 6) is 0.648. The third-order valence-corrected chi connectivity index (χ3v) is 2.59. The number of hydrogen-bond acceptors (Lipinski definition) is 4. The molecule has 0 bridgehead atoms. The molecule has 0 aliphatic carbocycles.